The predicted molar refractivity (Wildman–Crippen MR) is 77.9 cm³/mol. The van der Waals surface area contributed by atoms with E-state index in [0.717, 1.165) is 12.0 Å². The van der Waals surface area contributed by atoms with Gasteiger partial charge in [-0.25, -0.2) is 4.39 Å². The first-order valence-corrected chi connectivity index (χ1v) is 6.61. The fourth-order valence-corrected chi connectivity index (χ4v) is 1.50. The minimum Gasteiger partial charge on any atom is -0.355 e. The second-order valence-corrected chi connectivity index (χ2v) is 4.26. The molecule has 0 aliphatic rings. The highest BCUT2D eigenvalue weighted by Gasteiger charge is 2.02. The molecular weight excluding hydrogens is 259 g/mol. The van der Waals surface area contributed by atoms with Gasteiger partial charge in [-0.3, -0.25) is 9.79 Å². The van der Waals surface area contributed by atoms with Crippen LogP contribution in [-0.4, -0.2) is 32.0 Å². The first-order chi connectivity index (χ1) is 9.65. The maximum atomic E-state index is 12.8. The number of benzene rings is 1. The average molecular weight is 280 g/mol. The van der Waals surface area contributed by atoms with Crippen LogP contribution < -0.4 is 16.0 Å². The van der Waals surface area contributed by atoms with Crippen LogP contribution in [0.4, 0.5) is 4.39 Å². The molecule has 3 N–H and O–H groups in total. The van der Waals surface area contributed by atoms with Gasteiger partial charge in [-0.2, -0.15) is 0 Å². The molecule has 0 aliphatic heterocycles. The van der Waals surface area contributed by atoms with Crippen molar-refractivity contribution in [3.05, 3.63) is 35.6 Å². The number of hydrogen-bond acceptors (Lipinski definition) is 2. The molecule has 0 aliphatic carbocycles. The van der Waals surface area contributed by atoms with Gasteiger partial charge >= 0.3 is 0 Å². The average Bonchev–Trinajstić information content (AvgIpc) is 2.47. The number of halogens is 1. The van der Waals surface area contributed by atoms with Gasteiger partial charge in [-0.1, -0.05) is 19.1 Å². The number of nitrogens with zero attached hydrogens (tertiary/aromatic N) is 1. The maximum absolute atomic E-state index is 12.8. The number of nitrogens with one attached hydrogen (secondary N) is 3. The summed E-state index contributed by atoms with van der Waals surface area (Å²) in [5.74, 6) is 0.196. The number of aliphatic imine (C=N–C) groups is 1. The Hall–Kier alpha value is -2.11. The second-order valence-electron chi connectivity index (χ2n) is 4.26. The molecule has 0 saturated carbocycles. The zero-order valence-corrected chi connectivity index (χ0v) is 11.9. The Morgan fingerprint density at radius 2 is 1.90 bits per heavy atom. The van der Waals surface area contributed by atoms with Gasteiger partial charge in [0.15, 0.2) is 5.96 Å². The Morgan fingerprint density at radius 1 is 1.20 bits per heavy atom. The van der Waals surface area contributed by atoms with E-state index in [4.69, 9.17) is 0 Å². The van der Waals surface area contributed by atoms with E-state index in [1.54, 1.807) is 19.2 Å². The van der Waals surface area contributed by atoms with Crippen molar-refractivity contribution in [1.82, 2.24) is 16.0 Å². The van der Waals surface area contributed by atoms with Crippen LogP contribution in [0.5, 0.6) is 0 Å². The summed E-state index contributed by atoms with van der Waals surface area (Å²) in [5, 5.41) is 8.73. The molecule has 0 heterocycles. The van der Waals surface area contributed by atoms with Crippen molar-refractivity contribution >= 4 is 11.9 Å². The van der Waals surface area contributed by atoms with Crippen LogP contribution in [0.1, 0.15) is 18.9 Å². The minimum absolute atomic E-state index is 0.0726. The standard InChI is InChI=1S/C14H21FN4O/c1-3-8-17-13(20)10-19-14(16-2)18-9-11-4-6-12(15)7-5-11/h4-7H,3,8-10H2,1-2H3,(H,17,20)(H2,16,18,19). The lowest BCUT2D eigenvalue weighted by molar-refractivity contribution is -0.120. The number of carbonyl (C=O) groups excluding carboxylic acids is 1. The molecule has 0 bridgehead atoms. The molecule has 6 heteroatoms. The summed E-state index contributed by atoms with van der Waals surface area (Å²) in [6.45, 7) is 3.35. The third kappa shape index (κ3) is 6.17. The quantitative estimate of drug-likeness (QED) is 0.538. The normalized spacial score (nSPS) is 11.1. The summed E-state index contributed by atoms with van der Waals surface area (Å²) in [6, 6.07) is 6.21. The molecule has 0 radical (unpaired) electrons. The largest absolute Gasteiger partial charge is 0.355 e. The Kier molecular flexibility index (Phi) is 7.10. The van der Waals surface area contributed by atoms with Crippen LogP contribution in [0.3, 0.4) is 0 Å². The first kappa shape index (κ1) is 15.9. The molecular formula is C14H21FN4O. The van der Waals surface area contributed by atoms with Crippen LogP contribution in [0, 0.1) is 5.82 Å². The van der Waals surface area contributed by atoms with Gasteiger partial charge in [0.2, 0.25) is 5.91 Å². The van der Waals surface area contributed by atoms with Crippen molar-refractivity contribution in [2.45, 2.75) is 19.9 Å². The van der Waals surface area contributed by atoms with Crippen molar-refractivity contribution in [3.63, 3.8) is 0 Å². The van der Waals surface area contributed by atoms with Crippen LogP contribution in [0.2, 0.25) is 0 Å². The highest BCUT2D eigenvalue weighted by Crippen LogP contribution is 2.01. The summed E-state index contributed by atoms with van der Waals surface area (Å²) in [6.07, 6.45) is 0.906. The van der Waals surface area contributed by atoms with Crippen molar-refractivity contribution in [3.8, 4) is 0 Å². The zero-order valence-electron chi connectivity index (χ0n) is 11.9. The summed E-state index contributed by atoms with van der Waals surface area (Å²) in [5.41, 5.74) is 0.935. The lowest BCUT2D eigenvalue weighted by Crippen LogP contribution is -2.43. The monoisotopic (exact) mass is 280 g/mol. The van der Waals surface area contributed by atoms with Crippen LogP contribution in [0.15, 0.2) is 29.3 Å². The molecule has 1 rings (SSSR count). The third-order valence-electron chi connectivity index (χ3n) is 2.59. The highest BCUT2D eigenvalue weighted by molar-refractivity contribution is 5.86. The SMILES string of the molecule is CCCNC(=O)CNC(=NC)NCc1ccc(F)cc1. The molecule has 0 aromatic heterocycles. The van der Waals surface area contributed by atoms with Crippen LogP contribution >= 0.6 is 0 Å². The van der Waals surface area contributed by atoms with Gasteiger partial charge in [0.05, 0.1) is 6.54 Å². The van der Waals surface area contributed by atoms with Crippen molar-refractivity contribution in [1.29, 1.82) is 0 Å². The van der Waals surface area contributed by atoms with E-state index in [1.165, 1.54) is 12.1 Å². The number of amides is 1. The fourth-order valence-electron chi connectivity index (χ4n) is 1.50. The third-order valence-corrected chi connectivity index (χ3v) is 2.59. The van der Waals surface area contributed by atoms with E-state index in [2.05, 4.69) is 20.9 Å². The lowest BCUT2D eigenvalue weighted by Gasteiger charge is -2.11. The Bertz CT molecular complexity index is 445. The van der Waals surface area contributed by atoms with Gasteiger partial charge in [0, 0.05) is 20.1 Å². The molecule has 110 valence electrons. The first-order valence-electron chi connectivity index (χ1n) is 6.61. The van der Waals surface area contributed by atoms with E-state index < -0.39 is 0 Å². The summed E-state index contributed by atoms with van der Waals surface area (Å²) in [7, 11) is 1.63. The molecule has 0 spiro atoms. The second kappa shape index (κ2) is 8.90. The Balaban J connectivity index is 2.33. The lowest BCUT2D eigenvalue weighted by atomic mass is 10.2. The Morgan fingerprint density at radius 3 is 2.50 bits per heavy atom. The van der Waals surface area contributed by atoms with Gasteiger partial charge < -0.3 is 16.0 Å². The minimum atomic E-state index is -0.260. The van der Waals surface area contributed by atoms with E-state index in [0.29, 0.717) is 19.0 Å². The zero-order chi connectivity index (χ0) is 14.8. The van der Waals surface area contributed by atoms with Gasteiger partial charge in [-0.05, 0) is 24.1 Å². The molecule has 5 nitrogen and oxygen atoms in total. The Labute approximate surface area is 118 Å². The van der Waals surface area contributed by atoms with Crippen LogP contribution in [-0.2, 0) is 11.3 Å². The number of guanidine groups is 1. The van der Waals surface area contributed by atoms with E-state index in [-0.39, 0.29) is 18.3 Å². The van der Waals surface area contributed by atoms with Crippen molar-refractivity contribution < 1.29 is 9.18 Å². The van der Waals surface area contributed by atoms with Gasteiger partial charge in [0.1, 0.15) is 5.82 Å². The molecule has 0 atom stereocenters. The number of hydrogen-bond donors (Lipinski definition) is 3. The van der Waals surface area contributed by atoms with Crippen molar-refractivity contribution in [2.24, 2.45) is 4.99 Å². The fraction of sp³-hybridized carbons (Fsp3) is 0.429. The highest BCUT2D eigenvalue weighted by atomic mass is 19.1. The maximum Gasteiger partial charge on any atom is 0.239 e. The van der Waals surface area contributed by atoms with Crippen molar-refractivity contribution in [2.75, 3.05) is 20.1 Å². The molecule has 20 heavy (non-hydrogen) atoms. The smallest absolute Gasteiger partial charge is 0.239 e. The van der Waals surface area contributed by atoms with E-state index >= 15 is 0 Å². The van der Waals surface area contributed by atoms with E-state index in [9.17, 15) is 9.18 Å². The summed E-state index contributed by atoms with van der Waals surface area (Å²) >= 11 is 0. The summed E-state index contributed by atoms with van der Waals surface area (Å²) in [4.78, 5) is 15.4. The van der Waals surface area contributed by atoms with Gasteiger partial charge in [-0.15, -0.1) is 0 Å². The summed E-state index contributed by atoms with van der Waals surface area (Å²) < 4.78 is 12.8. The topological polar surface area (TPSA) is 65.5 Å². The number of carbonyl (C=O) groups is 1. The molecule has 1 amide bonds. The van der Waals surface area contributed by atoms with Gasteiger partial charge in [0.25, 0.3) is 0 Å². The predicted octanol–water partition coefficient (Wildman–Crippen LogP) is 1.02. The molecule has 0 saturated heterocycles. The van der Waals surface area contributed by atoms with E-state index in [1.807, 2.05) is 6.92 Å². The molecule has 1 aromatic carbocycles. The van der Waals surface area contributed by atoms with Crippen LogP contribution in [0.25, 0.3) is 0 Å². The number of rotatable bonds is 6. The molecule has 0 fully saturated rings. The molecule has 0 unspecified atom stereocenters. The molecule has 1 aromatic rings.